The number of amides is 2. The monoisotopic (exact) mass is 475 g/mol. The summed E-state index contributed by atoms with van der Waals surface area (Å²) < 4.78 is 0. The van der Waals surface area contributed by atoms with E-state index >= 15 is 0 Å². The van der Waals surface area contributed by atoms with Gasteiger partial charge < -0.3 is 15.1 Å². The van der Waals surface area contributed by atoms with Crippen LogP contribution in [0.2, 0.25) is 5.02 Å². The molecule has 2 amide bonds. The van der Waals surface area contributed by atoms with Crippen LogP contribution in [0.15, 0.2) is 82.6 Å². The minimum absolute atomic E-state index is 0.0119. The second-order valence-corrected chi connectivity index (χ2v) is 9.40. The molecular formula is C26H22ClN3O2S. The van der Waals surface area contributed by atoms with Crippen LogP contribution in [-0.4, -0.2) is 42.9 Å². The second-order valence-electron chi connectivity index (χ2n) is 7.91. The maximum atomic E-state index is 13.1. The molecule has 0 aliphatic carbocycles. The summed E-state index contributed by atoms with van der Waals surface area (Å²) in [6, 6.07) is 23.2. The molecule has 3 aromatic carbocycles. The number of thioether (sulfide) groups is 1. The van der Waals surface area contributed by atoms with Gasteiger partial charge in [-0.25, -0.2) is 0 Å². The van der Waals surface area contributed by atoms with Crippen molar-refractivity contribution in [1.82, 2.24) is 4.90 Å². The van der Waals surface area contributed by atoms with Crippen LogP contribution in [0.3, 0.4) is 0 Å². The van der Waals surface area contributed by atoms with Crippen LogP contribution in [0.4, 0.5) is 11.4 Å². The van der Waals surface area contributed by atoms with Crippen LogP contribution in [0.1, 0.15) is 15.9 Å². The summed E-state index contributed by atoms with van der Waals surface area (Å²) in [7, 11) is 0. The lowest BCUT2D eigenvalue weighted by atomic mass is 10.1. The number of nitrogens with zero attached hydrogens (tertiary/aromatic N) is 2. The Morgan fingerprint density at radius 1 is 0.939 bits per heavy atom. The van der Waals surface area contributed by atoms with Gasteiger partial charge in [0.15, 0.2) is 0 Å². The van der Waals surface area contributed by atoms with Crippen molar-refractivity contribution in [3.8, 4) is 0 Å². The van der Waals surface area contributed by atoms with E-state index in [-0.39, 0.29) is 11.8 Å². The molecule has 0 spiro atoms. The van der Waals surface area contributed by atoms with Gasteiger partial charge in [-0.2, -0.15) is 0 Å². The van der Waals surface area contributed by atoms with Gasteiger partial charge in [-0.1, -0.05) is 59.8 Å². The molecule has 1 fully saturated rings. The fraction of sp³-hybridized carbons (Fsp3) is 0.154. The normalized spacial score (nSPS) is 17.0. The maximum Gasteiger partial charge on any atom is 0.262 e. The molecule has 0 aromatic heterocycles. The van der Waals surface area contributed by atoms with Gasteiger partial charge in [0.1, 0.15) is 0 Å². The zero-order chi connectivity index (χ0) is 22.8. The van der Waals surface area contributed by atoms with Crippen LogP contribution in [0.5, 0.6) is 0 Å². The fourth-order valence-corrected chi connectivity index (χ4v) is 5.13. The van der Waals surface area contributed by atoms with Crippen molar-refractivity contribution in [3.05, 3.63) is 93.9 Å². The van der Waals surface area contributed by atoms with E-state index in [1.165, 1.54) is 17.4 Å². The zero-order valence-corrected chi connectivity index (χ0v) is 19.4. The highest BCUT2D eigenvalue weighted by molar-refractivity contribution is 8.04. The number of para-hydroxylation sites is 1. The third-order valence-electron chi connectivity index (χ3n) is 5.80. The molecule has 1 saturated heterocycles. The smallest absolute Gasteiger partial charge is 0.262 e. The number of fused-ring (bicyclic) bond motifs is 1. The SMILES string of the molecule is O=C1Nc2cc(C(=O)N3CCN(c4ccccc4)CC3)ccc2SC1=Cc1ccccc1Cl. The molecule has 166 valence electrons. The Morgan fingerprint density at radius 2 is 1.67 bits per heavy atom. The Kier molecular flexibility index (Phi) is 6.11. The molecule has 0 atom stereocenters. The quantitative estimate of drug-likeness (QED) is 0.516. The predicted octanol–water partition coefficient (Wildman–Crippen LogP) is 5.39. The van der Waals surface area contributed by atoms with Gasteiger partial charge in [0.2, 0.25) is 0 Å². The first-order valence-corrected chi connectivity index (χ1v) is 12.0. The molecule has 5 rings (SSSR count). The Labute approximate surface area is 202 Å². The molecule has 33 heavy (non-hydrogen) atoms. The van der Waals surface area contributed by atoms with E-state index in [0.717, 1.165) is 23.5 Å². The van der Waals surface area contributed by atoms with E-state index in [1.54, 1.807) is 18.2 Å². The number of rotatable bonds is 3. The van der Waals surface area contributed by atoms with Crippen LogP contribution >= 0.6 is 23.4 Å². The third kappa shape index (κ3) is 4.63. The summed E-state index contributed by atoms with van der Waals surface area (Å²) in [5.74, 6) is -0.212. The lowest BCUT2D eigenvalue weighted by Crippen LogP contribution is -2.48. The standard InChI is InChI=1S/C26H22ClN3O2S/c27-21-9-5-4-6-18(21)17-24-25(31)28-22-16-19(10-11-23(22)33-24)26(32)30-14-12-29(13-15-30)20-7-2-1-3-8-20/h1-11,16-17H,12-15H2,(H,28,31). The van der Waals surface area contributed by atoms with E-state index in [1.807, 2.05) is 53.4 Å². The van der Waals surface area contributed by atoms with E-state index < -0.39 is 0 Å². The number of nitrogens with one attached hydrogen (secondary N) is 1. The molecule has 2 aliphatic rings. The van der Waals surface area contributed by atoms with Gasteiger partial charge in [0.05, 0.1) is 10.6 Å². The molecule has 1 N–H and O–H groups in total. The molecule has 0 saturated carbocycles. The van der Waals surface area contributed by atoms with Gasteiger partial charge in [0, 0.05) is 47.3 Å². The van der Waals surface area contributed by atoms with Gasteiger partial charge in [-0.3, -0.25) is 9.59 Å². The van der Waals surface area contributed by atoms with E-state index in [9.17, 15) is 9.59 Å². The van der Waals surface area contributed by atoms with Crippen molar-refractivity contribution in [2.75, 3.05) is 36.4 Å². The lowest BCUT2D eigenvalue weighted by molar-refractivity contribution is -0.112. The van der Waals surface area contributed by atoms with Gasteiger partial charge >= 0.3 is 0 Å². The molecule has 3 aromatic rings. The van der Waals surface area contributed by atoms with E-state index in [4.69, 9.17) is 11.6 Å². The number of anilines is 2. The van der Waals surface area contributed by atoms with Crippen molar-refractivity contribution in [2.45, 2.75) is 4.90 Å². The number of benzene rings is 3. The Morgan fingerprint density at radius 3 is 2.42 bits per heavy atom. The van der Waals surface area contributed by atoms with Crippen molar-refractivity contribution in [1.29, 1.82) is 0 Å². The predicted molar refractivity (Wildman–Crippen MR) is 135 cm³/mol. The topological polar surface area (TPSA) is 52.7 Å². The molecule has 2 aliphatic heterocycles. The van der Waals surface area contributed by atoms with Gasteiger partial charge in [-0.05, 0) is 48.0 Å². The van der Waals surface area contributed by atoms with Crippen LogP contribution in [-0.2, 0) is 4.79 Å². The Hall–Kier alpha value is -3.22. The summed E-state index contributed by atoms with van der Waals surface area (Å²) in [5, 5.41) is 3.52. The van der Waals surface area contributed by atoms with Gasteiger partial charge in [-0.15, -0.1) is 0 Å². The van der Waals surface area contributed by atoms with Crippen LogP contribution in [0, 0.1) is 0 Å². The number of hydrogen-bond acceptors (Lipinski definition) is 4. The number of piperazine rings is 1. The average Bonchev–Trinajstić information content (AvgIpc) is 2.86. The maximum absolute atomic E-state index is 13.1. The molecule has 0 unspecified atom stereocenters. The molecular weight excluding hydrogens is 454 g/mol. The van der Waals surface area contributed by atoms with E-state index in [0.29, 0.717) is 34.3 Å². The largest absolute Gasteiger partial charge is 0.368 e. The second kappa shape index (κ2) is 9.33. The highest BCUT2D eigenvalue weighted by atomic mass is 35.5. The summed E-state index contributed by atoms with van der Waals surface area (Å²) in [4.78, 5) is 31.4. The molecule has 5 nitrogen and oxygen atoms in total. The van der Waals surface area contributed by atoms with Crippen LogP contribution in [0.25, 0.3) is 6.08 Å². The molecule has 2 heterocycles. The first-order valence-electron chi connectivity index (χ1n) is 10.8. The number of carbonyl (C=O) groups is 2. The fourth-order valence-electron chi connectivity index (χ4n) is 4.02. The van der Waals surface area contributed by atoms with Crippen LogP contribution < -0.4 is 10.2 Å². The molecule has 0 bridgehead atoms. The Bertz CT molecular complexity index is 1240. The van der Waals surface area contributed by atoms with Crippen molar-refractivity contribution < 1.29 is 9.59 Å². The highest BCUT2D eigenvalue weighted by Gasteiger charge is 2.26. The average molecular weight is 476 g/mol. The molecule has 7 heteroatoms. The minimum atomic E-state index is -0.200. The zero-order valence-electron chi connectivity index (χ0n) is 17.8. The summed E-state index contributed by atoms with van der Waals surface area (Å²) in [6.45, 7) is 2.92. The first-order chi connectivity index (χ1) is 16.1. The minimum Gasteiger partial charge on any atom is -0.368 e. The number of halogens is 1. The lowest BCUT2D eigenvalue weighted by Gasteiger charge is -2.36. The first kappa shape index (κ1) is 21.6. The van der Waals surface area contributed by atoms with E-state index in [2.05, 4.69) is 22.3 Å². The summed E-state index contributed by atoms with van der Waals surface area (Å²) in [5.41, 5.74) is 3.22. The van der Waals surface area contributed by atoms with Crippen molar-refractivity contribution in [2.24, 2.45) is 0 Å². The summed E-state index contributed by atoms with van der Waals surface area (Å²) >= 11 is 7.62. The Balaban J connectivity index is 1.29. The highest BCUT2D eigenvalue weighted by Crippen LogP contribution is 2.40. The number of hydrogen-bond donors (Lipinski definition) is 1. The summed E-state index contributed by atoms with van der Waals surface area (Å²) in [6.07, 6.45) is 1.79. The van der Waals surface area contributed by atoms with Crippen molar-refractivity contribution in [3.63, 3.8) is 0 Å². The van der Waals surface area contributed by atoms with Gasteiger partial charge in [0.25, 0.3) is 11.8 Å². The van der Waals surface area contributed by atoms with Crippen molar-refractivity contribution >= 4 is 52.6 Å². The third-order valence-corrected chi connectivity index (χ3v) is 7.24. The molecule has 0 radical (unpaired) electrons. The number of carbonyl (C=O) groups excluding carboxylic acids is 2.